The minimum absolute atomic E-state index is 0.997. The first-order valence-corrected chi connectivity index (χ1v) is 15.5. The van der Waals surface area contributed by atoms with Gasteiger partial charge in [-0.25, -0.2) is 0 Å². The molecule has 0 heterocycles. The molecule has 0 spiro atoms. The minimum atomic E-state index is 0.997. The molecule has 0 saturated heterocycles. The van der Waals surface area contributed by atoms with E-state index in [-0.39, 0.29) is 0 Å². The predicted molar refractivity (Wildman–Crippen MR) is 198 cm³/mol. The van der Waals surface area contributed by atoms with Gasteiger partial charge in [0.25, 0.3) is 0 Å². The van der Waals surface area contributed by atoms with Crippen molar-refractivity contribution in [1.29, 1.82) is 0 Å². The van der Waals surface area contributed by atoms with Crippen molar-refractivity contribution in [3.05, 3.63) is 206 Å². The van der Waals surface area contributed by atoms with E-state index in [1.165, 1.54) is 10.8 Å². The average molecular weight is 591 g/mol. The Labute approximate surface area is 271 Å². The second-order valence-electron chi connectivity index (χ2n) is 11.2. The van der Waals surface area contributed by atoms with Crippen molar-refractivity contribution >= 4 is 56.5 Å². The molecule has 2 nitrogen and oxygen atoms in total. The maximum Gasteiger partial charge on any atom is 0.0468 e. The molecule has 2 heteroatoms. The number of hydrogen-bond acceptors (Lipinski definition) is 2. The molecule has 0 radical (unpaired) electrons. The van der Waals surface area contributed by atoms with Gasteiger partial charge < -0.3 is 9.80 Å². The van der Waals surface area contributed by atoms with Crippen LogP contribution in [0.4, 0.5) is 34.1 Å². The Balaban J connectivity index is 1.18. The summed E-state index contributed by atoms with van der Waals surface area (Å²) in [5.74, 6) is 0. The van der Waals surface area contributed by atoms with Gasteiger partial charge >= 0.3 is 0 Å². The fourth-order valence-electron chi connectivity index (χ4n) is 5.92. The normalized spacial score (nSPS) is 10.8. The lowest BCUT2D eigenvalue weighted by molar-refractivity contribution is 1.28. The van der Waals surface area contributed by atoms with Crippen LogP contribution in [-0.4, -0.2) is 0 Å². The van der Waals surface area contributed by atoms with Gasteiger partial charge in [-0.3, -0.25) is 0 Å². The minimum Gasteiger partial charge on any atom is -0.311 e. The molecular weight excluding hydrogens is 556 g/mol. The van der Waals surface area contributed by atoms with Crippen LogP contribution in [0.1, 0.15) is 16.7 Å². The summed E-state index contributed by atoms with van der Waals surface area (Å²) < 4.78 is 0. The Bertz CT molecular complexity index is 2060. The van der Waals surface area contributed by atoms with Gasteiger partial charge in [0.2, 0.25) is 0 Å². The van der Waals surface area contributed by atoms with E-state index in [9.17, 15) is 0 Å². The van der Waals surface area contributed by atoms with Crippen molar-refractivity contribution in [3.63, 3.8) is 0 Å². The van der Waals surface area contributed by atoms with Gasteiger partial charge in [-0.2, -0.15) is 0 Å². The van der Waals surface area contributed by atoms with Gasteiger partial charge in [0.05, 0.1) is 0 Å². The van der Waals surface area contributed by atoms with Crippen LogP contribution >= 0.6 is 0 Å². The Morgan fingerprint density at radius 3 is 1.30 bits per heavy atom. The highest BCUT2D eigenvalue weighted by atomic mass is 15.1. The Hall–Kier alpha value is -6.12. The first-order chi connectivity index (χ1) is 22.7. The van der Waals surface area contributed by atoms with E-state index in [0.717, 1.165) is 56.4 Å². The maximum atomic E-state index is 4.50. The highest BCUT2D eigenvalue weighted by molar-refractivity contribution is 5.93. The van der Waals surface area contributed by atoms with E-state index in [4.69, 9.17) is 0 Å². The molecule has 0 N–H and O–H groups in total. The van der Waals surface area contributed by atoms with Crippen molar-refractivity contribution in [2.45, 2.75) is 0 Å². The monoisotopic (exact) mass is 590 g/mol. The lowest BCUT2D eigenvalue weighted by Gasteiger charge is -2.26. The second kappa shape index (κ2) is 12.9. The van der Waals surface area contributed by atoms with Gasteiger partial charge in [-0.15, -0.1) is 0 Å². The number of benzene rings is 7. The Kier molecular flexibility index (Phi) is 8.00. The fourth-order valence-corrected chi connectivity index (χ4v) is 5.92. The van der Waals surface area contributed by atoms with Crippen molar-refractivity contribution in [2.24, 2.45) is 0 Å². The summed E-state index contributed by atoms with van der Waals surface area (Å²) in [5.41, 5.74) is 11.0. The SMILES string of the molecule is C=Cc1ccc(N(c2ccccc2)c2ccc3cc(C(=C)c4ccc(N(c5ccccc5)c5ccccc5)cc4)ccc3c2)cc1. The number of para-hydroxylation sites is 3. The molecule has 0 unspecified atom stereocenters. The van der Waals surface area contributed by atoms with Crippen LogP contribution in [0.15, 0.2) is 189 Å². The lowest BCUT2D eigenvalue weighted by atomic mass is 9.96. The number of hydrogen-bond donors (Lipinski definition) is 0. The molecule has 0 fully saturated rings. The molecule has 7 rings (SSSR count). The summed E-state index contributed by atoms with van der Waals surface area (Å²) in [4.78, 5) is 4.56. The van der Waals surface area contributed by atoms with Crippen LogP contribution in [0.25, 0.3) is 22.4 Å². The van der Waals surface area contributed by atoms with Gasteiger partial charge in [-0.05, 0) is 112 Å². The van der Waals surface area contributed by atoms with E-state index in [1.54, 1.807) is 0 Å². The average Bonchev–Trinajstić information content (AvgIpc) is 3.13. The lowest BCUT2D eigenvalue weighted by Crippen LogP contribution is -2.09. The van der Waals surface area contributed by atoms with Crippen molar-refractivity contribution in [3.8, 4) is 0 Å². The molecule has 0 aliphatic rings. The predicted octanol–water partition coefficient (Wildman–Crippen LogP) is 12.5. The molecule has 46 heavy (non-hydrogen) atoms. The molecule has 0 bridgehead atoms. The molecule has 220 valence electrons. The van der Waals surface area contributed by atoms with Crippen LogP contribution < -0.4 is 9.80 Å². The van der Waals surface area contributed by atoms with Gasteiger partial charge in [0.1, 0.15) is 0 Å². The third-order valence-electron chi connectivity index (χ3n) is 8.33. The van der Waals surface area contributed by atoms with Crippen molar-refractivity contribution in [2.75, 3.05) is 9.80 Å². The van der Waals surface area contributed by atoms with Crippen molar-refractivity contribution < 1.29 is 0 Å². The quantitative estimate of drug-likeness (QED) is 0.165. The summed E-state index contributed by atoms with van der Waals surface area (Å²) in [6, 6.07) is 61.9. The maximum absolute atomic E-state index is 4.50. The Morgan fingerprint density at radius 2 is 0.783 bits per heavy atom. The third kappa shape index (κ3) is 5.85. The number of anilines is 6. The third-order valence-corrected chi connectivity index (χ3v) is 8.33. The Morgan fingerprint density at radius 1 is 0.391 bits per heavy atom. The molecule has 0 saturated carbocycles. The van der Waals surface area contributed by atoms with E-state index in [2.05, 4.69) is 181 Å². The number of rotatable bonds is 9. The topological polar surface area (TPSA) is 6.48 Å². The zero-order chi connectivity index (χ0) is 31.3. The number of nitrogens with zero attached hydrogens (tertiary/aromatic N) is 2. The molecule has 7 aromatic rings. The van der Waals surface area contributed by atoms with Crippen LogP contribution in [0.2, 0.25) is 0 Å². The standard InChI is InChI=1S/C44H34N2/c1-3-34-19-26-42(27-20-34)46(41-17-11-6-12-18-41)44-30-25-37-31-36(21-22-38(37)32-44)33(2)35-23-28-43(29-24-35)45(39-13-7-4-8-14-39)40-15-9-5-10-16-40/h3-32H,1-2H2. The summed E-state index contributed by atoms with van der Waals surface area (Å²) in [6.07, 6.45) is 1.87. The summed E-state index contributed by atoms with van der Waals surface area (Å²) in [6.45, 7) is 8.41. The zero-order valence-corrected chi connectivity index (χ0v) is 25.6. The summed E-state index contributed by atoms with van der Waals surface area (Å²) in [7, 11) is 0. The van der Waals surface area contributed by atoms with Crippen molar-refractivity contribution in [1.82, 2.24) is 0 Å². The van der Waals surface area contributed by atoms with Gasteiger partial charge in [0, 0.05) is 34.1 Å². The second-order valence-corrected chi connectivity index (χ2v) is 11.2. The summed E-state index contributed by atoms with van der Waals surface area (Å²) >= 11 is 0. The molecular formula is C44H34N2. The van der Waals surface area contributed by atoms with Crippen LogP contribution in [-0.2, 0) is 0 Å². The van der Waals surface area contributed by atoms with Crippen LogP contribution in [0, 0.1) is 0 Å². The van der Waals surface area contributed by atoms with E-state index in [1.807, 2.05) is 24.3 Å². The highest BCUT2D eigenvalue weighted by Crippen LogP contribution is 2.38. The smallest absolute Gasteiger partial charge is 0.0468 e. The molecule has 0 aromatic heterocycles. The first kappa shape index (κ1) is 28.6. The molecule has 0 aliphatic heterocycles. The van der Waals surface area contributed by atoms with E-state index >= 15 is 0 Å². The zero-order valence-electron chi connectivity index (χ0n) is 25.6. The first-order valence-electron chi connectivity index (χ1n) is 15.5. The molecule has 0 atom stereocenters. The highest BCUT2D eigenvalue weighted by Gasteiger charge is 2.15. The van der Waals surface area contributed by atoms with Gasteiger partial charge in [-0.1, -0.05) is 116 Å². The molecule has 7 aromatic carbocycles. The van der Waals surface area contributed by atoms with E-state index < -0.39 is 0 Å². The fraction of sp³-hybridized carbons (Fsp3) is 0. The van der Waals surface area contributed by atoms with E-state index in [0.29, 0.717) is 0 Å². The number of fused-ring (bicyclic) bond motifs is 1. The largest absolute Gasteiger partial charge is 0.311 e. The summed E-state index contributed by atoms with van der Waals surface area (Å²) in [5, 5.41) is 2.35. The molecule has 0 amide bonds. The van der Waals surface area contributed by atoms with Crippen LogP contribution in [0.3, 0.4) is 0 Å². The molecule has 0 aliphatic carbocycles. The van der Waals surface area contributed by atoms with Gasteiger partial charge in [0.15, 0.2) is 0 Å². The van der Waals surface area contributed by atoms with Crippen LogP contribution in [0.5, 0.6) is 0 Å².